The molecule has 3 heteroatoms. The summed E-state index contributed by atoms with van der Waals surface area (Å²) in [7, 11) is 0. The number of nitrogens with two attached hydrogens (primary N) is 1. The van der Waals surface area contributed by atoms with Crippen molar-refractivity contribution in [1.29, 1.82) is 0 Å². The summed E-state index contributed by atoms with van der Waals surface area (Å²) in [4.78, 5) is 2.45. The molecule has 0 amide bonds. The van der Waals surface area contributed by atoms with Gasteiger partial charge in [-0.15, -0.1) is 11.3 Å². The van der Waals surface area contributed by atoms with Gasteiger partial charge in [0, 0.05) is 15.3 Å². The topological polar surface area (TPSA) is 35.2 Å². The van der Waals surface area contributed by atoms with Crippen LogP contribution in [0.3, 0.4) is 0 Å². The number of rotatable bonds is 4. The van der Waals surface area contributed by atoms with Crippen molar-refractivity contribution >= 4 is 11.3 Å². The highest BCUT2D eigenvalue weighted by molar-refractivity contribution is 7.12. The van der Waals surface area contributed by atoms with Crippen LogP contribution in [0.1, 0.15) is 35.2 Å². The van der Waals surface area contributed by atoms with E-state index in [1.807, 2.05) is 38.1 Å². The fourth-order valence-corrected chi connectivity index (χ4v) is 2.77. The minimum Gasteiger partial charge on any atom is -0.491 e. The maximum Gasteiger partial charge on any atom is 0.124 e. The molecular weight excluding hydrogens is 242 g/mol. The molecule has 0 saturated carbocycles. The molecule has 0 radical (unpaired) electrons. The molecule has 1 heterocycles. The first-order chi connectivity index (χ1) is 8.58. The van der Waals surface area contributed by atoms with E-state index in [4.69, 9.17) is 10.5 Å². The Morgan fingerprint density at radius 1 is 1.11 bits per heavy atom. The molecule has 2 N–H and O–H groups in total. The van der Waals surface area contributed by atoms with Gasteiger partial charge in [-0.05, 0) is 39.0 Å². The van der Waals surface area contributed by atoms with Crippen LogP contribution in [0.5, 0.6) is 5.75 Å². The summed E-state index contributed by atoms with van der Waals surface area (Å²) < 4.78 is 5.82. The lowest BCUT2D eigenvalue weighted by atomic mass is 10.1. The van der Waals surface area contributed by atoms with Crippen molar-refractivity contribution in [3.8, 4) is 5.75 Å². The van der Waals surface area contributed by atoms with E-state index in [1.54, 1.807) is 11.3 Å². The zero-order valence-electron chi connectivity index (χ0n) is 11.0. The van der Waals surface area contributed by atoms with Gasteiger partial charge in [0.1, 0.15) is 5.75 Å². The normalized spacial score (nSPS) is 12.7. The fourth-order valence-electron chi connectivity index (χ4n) is 1.87. The summed E-state index contributed by atoms with van der Waals surface area (Å²) in [5.74, 6) is 0.881. The lowest BCUT2D eigenvalue weighted by Gasteiger charge is -2.17. The van der Waals surface area contributed by atoms with E-state index >= 15 is 0 Å². The van der Waals surface area contributed by atoms with E-state index in [0.717, 1.165) is 11.3 Å². The SMILES string of the molecule is Cc1ccc(C(N)c2ccccc2OC(C)C)s1. The number of thiophene rings is 1. The van der Waals surface area contributed by atoms with Crippen LogP contribution in [-0.4, -0.2) is 6.10 Å². The molecular formula is C15H19NOS. The summed E-state index contributed by atoms with van der Waals surface area (Å²) in [6.45, 7) is 6.15. The van der Waals surface area contributed by atoms with Gasteiger partial charge in [0.15, 0.2) is 0 Å². The maximum absolute atomic E-state index is 6.34. The van der Waals surface area contributed by atoms with Crippen molar-refractivity contribution in [3.05, 3.63) is 51.7 Å². The third kappa shape index (κ3) is 2.92. The number of benzene rings is 1. The molecule has 1 atom stereocenters. The lowest BCUT2D eigenvalue weighted by Crippen LogP contribution is -2.14. The predicted molar refractivity (Wildman–Crippen MR) is 77.3 cm³/mol. The van der Waals surface area contributed by atoms with Crippen molar-refractivity contribution in [2.75, 3.05) is 0 Å². The third-order valence-electron chi connectivity index (χ3n) is 2.68. The lowest BCUT2D eigenvalue weighted by molar-refractivity contribution is 0.239. The number of hydrogen-bond acceptors (Lipinski definition) is 3. The molecule has 0 fully saturated rings. The fraction of sp³-hybridized carbons (Fsp3) is 0.333. The monoisotopic (exact) mass is 261 g/mol. The smallest absolute Gasteiger partial charge is 0.124 e. The first-order valence-corrected chi connectivity index (χ1v) is 6.97. The molecule has 2 rings (SSSR count). The molecule has 0 bridgehead atoms. The van der Waals surface area contributed by atoms with Crippen LogP contribution in [0.25, 0.3) is 0 Å². The molecule has 0 aliphatic carbocycles. The maximum atomic E-state index is 6.34. The Hall–Kier alpha value is -1.32. The summed E-state index contributed by atoms with van der Waals surface area (Å²) in [6.07, 6.45) is 0.156. The zero-order valence-corrected chi connectivity index (χ0v) is 11.8. The molecule has 1 aromatic heterocycles. The van der Waals surface area contributed by atoms with Crippen molar-refractivity contribution in [3.63, 3.8) is 0 Å². The average molecular weight is 261 g/mol. The number of aryl methyl sites for hydroxylation is 1. The van der Waals surface area contributed by atoms with Gasteiger partial charge in [-0.25, -0.2) is 0 Å². The van der Waals surface area contributed by atoms with Crippen LogP contribution in [0.4, 0.5) is 0 Å². The molecule has 1 aromatic carbocycles. The Labute approximate surface area is 112 Å². The van der Waals surface area contributed by atoms with Crippen molar-refractivity contribution < 1.29 is 4.74 Å². The van der Waals surface area contributed by atoms with E-state index in [2.05, 4.69) is 19.1 Å². The van der Waals surface area contributed by atoms with E-state index in [0.29, 0.717) is 0 Å². The summed E-state index contributed by atoms with van der Waals surface area (Å²) in [5, 5.41) is 0. The molecule has 18 heavy (non-hydrogen) atoms. The van der Waals surface area contributed by atoms with Crippen LogP contribution >= 0.6 is 11.3 Å². The number of ether oxygens (including phenoxy) is 1. The van der Waals surface area contributed by atoms with Crippen LogP contribution in [0, 0.1) is 6.92 Å². The molecule has 1 unspecified atom stereocenters. The van der Waals surface area contributed by atoms with Gasteiger partial charge >= 0.3 is 0 Å². The highest BCUT2D eigenvalue weighted by Crippen LogP contribution is 2.32. The first-order valence-electron chi connectivity index (χ1n) is 6.15. The van der Waals surface area contributed by atoms with Gasteiger partial charge in [-0.3, -0.25) is 0 Å². The first kappa shape index (κ1) is 13.1. The third-order valence-corrected chi connectivity index (χ3v) is 3.77. The highest BCUT2D eigenvalue weighted by atomic mass is 32.1. The van der Waals surface area contributed by atoms with Crippen molar-refractivity contribution in [1.82, 2.24) is 0 Å². The Bertz CT molecular complexity index is 519. The predicted octanol–water partition coefficient (Wildman–Crippen LogP) is 3.89. The second-order valence-electron chi connectivity index (χ2n) is 4.63. The van der Waals surface area contributed by atoms with Crippen LogP contribution < -0.4 is 10.5 Å². The van der Waals surface area contributed by atoms with E-state index < -0.39 is 0 Å². The number of para-hydroxylation sites is 1. The standard InChI is InChI=1S/C15H19NOS/c1-10(2)17-13-7-5-4-6-12(13)15(16)14-9-8-11(3)18-14/h4-10,15H,16H2,1-3H3. The summed E-state index contributed by atoms with van der Waals surface area (Å²) in [5.41, 5.74) is 7.39. The van der Waals surface area contributed by atoms with E-state index in [-0.39, 0.29) is 12.1 Å². The van der Waals surface area contributed by atoms with Gasteiger partial charge < -0.3 is 10.5 Å². The minimum absolute atomic E-state index is 0.112. The molecule has 2 aromatic rings. The van der Waals surface area contributed by atoms with Crippen LogP contribution in [0.2, 0.25) is 0 Å². The van der Waals surface area contributed by atoms with Gasteiger partial charge in [0.2, 0.25) is 0 Å². The molecule has 0 spiro atoms. The Balaban J connectivity index is 2.32. The Morgan fingerprint density at radius 2 is 1.83 bits per heavy atom. The van der Waals surface area contributed by atoms with Gasteiger partial charge in [-0.2, -0.15) is 0 Å². The number of hydrogen-bond donors (Lipinski definition) is 1. The van der Waals surface area contributed by atoms with Crippen LogP contribution in [0.15, 0.2) is 36.4 Å². The quantitative estimate of drug-likeness (QED) is 0.906. The average Bonchev–Trinajstić information content (AvgIpc) is 2.75. The van der Waals surface area contributed by atoms with Crippen LogP contribution in [-0.2, 0) is 0 Å². The van der Waals surface area contributed by atoms with Gasteiger partial charge in [-0.1, -0.05) is 18.2 Å². The summed E-state index contributed by atoms with van der Waals surface area (Å²) >= 11 is 1.74. The van der Waals surface area contributed by atoms with E-state index in [1.165, 1.54) is 9.75 Å². The molecule has 0 aliphatic rings. The highest BCUT2D eigenvalue weighted by Gasteiger charge is 2.15. The Morgan fingerprint density at radius 3 is 2.44 bits per heavy atom. The summed E-state index contributed by atoms with van der Waals surface area (Å²) in [6, 6.07) is 12.1. The molecule has 0 aliphatic heterocycles. The van der Waals surface area contributed by atoms with Crippen molar-refractivity contribution in [2.24, 2.45) is 5.73 Å². The largest absolute Gasteiger partial charge is 0.491 e. The second kappa shape index (κ2) is 5.55. The second-order valence-corrected chi connectivity index (χ2v) is 5.95. The van der Waals surface area contributed by atoms with Gasteiger partial charge in [0.25, 0.3) is 0 Å². The molecule has 2 nitrogen and oxygen atoms in total. The van der Waals surface area contributed by atoms with Crippen molar-refractivity contribution in [2.45, 2.75) is 32.9 Å². The van der Waals surface area contributed by atoms with E-state index in [9.17, 15) is 0 Å². The molecule has 0 saturated heterocycles. The van der Waals surface area contributed by atoms with Gasteiger partial charge in [0.05, 0.1) is 12.1 Å². The Kier molecular flexibility index (Phi) is 4.04. The minimum atomic E-state index is -0.112. The molecule has 96 valence electrons. The zero-order chi connectivity index (χ0) is 13.1.